The van der Waals surface area contributed by atoms with Gasteiger partial charge in [-0.15, -0.1) is 0 Å². The number of amides is 1. The summed E-state index contributed by atoms with van der Waals surface area (Å²) in [7, 11) is 3.16. The number of fused-ring (bicyclic) bond motifs is 1. The van der Waals surface area contributed by atoms with Crippen LogP contribution in [-0.2, 0) is 4.74 Å². The lowest BCUT2D eigenvalue weighted by atomic mass is 10.1. The average molecular weight is 355 g/mol. The number of hydrogen-bond acceptors (Lipinski definition) is 4. The molecule has 0 bridgehead atoms. The van der Waals surface area contributed by atoms with Crippen LogP contribution in [0.2, 0.25) is 0 Å². The zero-order valence-corrected chi connectivity index (χ0v) is 14.4. The van der Waals surface area contributed by atoms with Gasteiger partial charge in [0.05, 0.1) is 29.4 Å². The lowest BCUT2D eigenvalue weighted by Gasteiger charge is -2.27. The number of hydrogen-bond donors (Lipinski definition) is 1. The Hall–Kier alpha value is -3.06. The summed E-state index contributed by atoms with van der Waals surface area (Å²) >= 11 is 0. The molecule has 0 saturated heterocycles. The first-order valence-corrected chi connectivity index (χ1v) is 8.01. The van der Waals surface area contributed by atoms with E-state index in [4.69, 9.17) is 4.74 Å². The largest absolute Gasteiger partial charge is 0.382 e. The molecule has 1 N–H and O–H groups in total. The van der Waals surface area contributed by atoms with E-state index < -0.39 is 17.4 Å². The number of nitrogens with zero attached hydrogens (tertiary/aromatic N) is 2. The summed E-state index contributed by atoms with van der Waals surface area (Å²) in [5, 5.41) is 0.472. The third-order valence-corrected chi connectivity index (χ3v) is 4.18. The highest BCUT2D eigenvalue weighted by atomic mass is 19.1. The third kappa shape index (κ3) is 3.48. The van der Waals surface area contributed by atoms with E-state index in [-0.39, 0.29) is 23.6 Å². The normalized spacial score (nSPS) is 12.1. The van der Waals surface area contributed by atoms with Gasteiger partial charge in [-0.3, -0.25) is 14.6 Å². The summed E-state index contributed by atoms with van der Waals surface area (Å²) in [4.78, 5) is 33.3. The third-order valence-electron chi connectivity index (χ3n) is 4.18. The number of likely N-dealkylation sites (N-methyl/N-ethyl adjacent to an activating group) is 1. The maximum Gasteiger partial charge on any atom is 0.255 e. The number of aromatic nitrogens is 2. The van der Waals surface area contributed by atoms with Crippen LogP contribution in [0.4, 0.5) is 4.39 Å². The van der Waals surface area contributed by atoms with Gasteiger partial charge >= 0.3 is 0 Å². The number of benzene rings is 1. The lowest BCUT2D eigenvalue weighted by Crippen LogP contribution is -2.35. The molecule has 0 aliphatic rings. The van der Waals surface area contributed by atoms with Gasteiger partial charge < -0.3 is 14.6 Å². The predicted octanol–water partition coefficient (Wildman–Crippen LogP) is 2.52. The molecule has 2 heterocycles. The number of ether oxygens (including phenoxy) is 1. The number of halogens is 1. The second-order valence-electron chi connectivity index (χ2n) is 5.88. The van der Waals surface area contributed by atoms with E-state index >= 15 is 0 Å². The highest BCUT2D eigenvalue weighted by molar-refractivity contribution is 6.06. The lowest BCUT2D eigenvalue weighted by molar-refractivity contribution is 0.0596. The van der Waals surface area contributed by atoms with E-state index in [0.717, 1.165) is 0 Å². The molecular weight excluding hydrogens is 337 g/mol. The number of rotatable bonds is 5. The minimum Gasteiger partial charge on any atom is -0.382 e. The molecule has 0 radical (unpaired) electrons. The second-order valence-corrected chi connectivity index (χ2v) is 5.88. The molecule has 0 aliphatic heterocycles. The molecule has 3 rings (SSSR count). The molecule has 134 valence electrons. The number of pyridine rings is 2. The number of carbonyl (C=O) groups is 1. The molecule has 1 atom stereocenters. The first-order valence-electron chi connectivity index (χ1n) is 8.01. The molecule has 7 heteroatoms. The fraction of sp³-hybridized carbons (Fsp3) is 0.211. The van der Waals surface area contributed by atoms with Crippen molar-refractivity contribution in [1.29, 1.82) is 0 Å². The van der Waals surface area contributed by atoms with Crippen molar-refractivity contribution in [2.45, 2.75) is 6.04 Å². The Morgan fingerprint density at radius 3 is 2.81 bits per heavy atom. The predicted molar refractivity (Wildman–Crippen MR) is 95.5 cm³/mol. The Morgan fingerprint density at radius 1 is 1.31 bits per heavy atom. The van der Waals surface area contributed by atoms with Gasteiger partial charge in [0.1, 0.15) is 5.82 Å². The number of aromatic amines is 1. The zero-order valence-electron chi connectivity index (χ0n) is 14.4. The number of carbonyl (C=O) groups excluding carboxylic acids is 1. The highest BCUT2D eigenvalue weighted by Crippen LogP contribution is 2.23. The summed E-state index contributed by atoms with van der Waals surface area (Å²) in [6, 6.07) is 10.1. The zero-order chi connectivity index (χ0) is 18.7. The van der Waals surface area contributed by atoms with Crippen molar-refractivity contribution in [1.82, 2.24) is 14.9 Å². The van der Waals surface area contributed by atoms with Crippen molar-refractivity contribution < 1.29 is 13.9 Å². The number of nitrogens with one attached hydrogen (secondary N) is 1. The van der Waals surface area contributed by atoms with Crippen LogP contribution in [-0.4, -0.2) is 41.5 Å². The topological polar surface area (TPSA) is 75.3 Å². The summed E-state index contributed by atoms with van der Waals surface area (Å²) in [6.45, 7) is 0.245. The van der Waals surface area contributed by atoms with Crippen molar-refractivity contribution in [3.63, 3.8) is 0 Å². The van der Waals surface area contributed by atoms with Crippen LogP contribution in [0, 0.1) is 5.82 Å². The van der Waals surface area contributed by atoms with Gasteiger partial charge in [0.15, 0.2) is 0 Å². The van der Waals surface area contributed by atoms with Crippen LogP contribution >= 0.6 is 0 Å². The van der Waals surface area contributed by atoms with E-state index in [0.29, 0.717) is 11.1 Å². The van der Waals surface area contributed by atoms with Crippen molar-refractivity contribution in [3.8, 4) is 0 Å². The maximum absolute atomic E-state index is 13.5. The SMILES string of the molecule is COC[C@@H](c1ccccn1)N(C)C(=O)c1cc(=O)[nH]c2cc(F)ccc12. The number of methoxy groups -OCH3 is 1. The van der Waals surface area contributed by atoms with E-state index in [9.17, 15) is 14.0 Å². The molecule has 0 fully saturated rings. The van der Waals surface area contributed by atoms with Gasteiger partial charge in [-0.05, 0) is 30.3 Å². The smallest absolute Gasteiger partial charge is 0.255 e. The highest BCUT2D eigenvalue weighted by Gasteiger charge is 2.25. The van der Waals surface area contributed by atoms with E-state index in [2.05, 4.69) is 9.97 Å². The molecule has 0 aliphatic carbocycles. The molecule has 2 aromatic heterocycles. The minimum absolute atomic E-state index is 0.197. The van der Waals surface area contributed by atoms with Crippen LogP contribution in [0.3, 0.4) is 0 Å². The van der Waals surface area contributed by atoms with Gasteiger partial charge in [0.2, 0.25) is 5.56 Å². The van der Waals surface area contributed by atoms with Crippen LogP contribution < -0.4 is 5.56 Å². The molecule has 6 nitrogen and oxygen atoms in total. The van der Waals surface area contributed by atoms with Crippen LogP contribution in [0.15, 0.2) is 53.5 Å². The van der Waals surface area contributed by atoms with E-state index in [1.54, 1.807) is 32.5 Å². The Kier molecular flexibility index (Phi) is 5.09. The molecule has 26 heavy (non-hydrogen) atoms. The van der Waals surface area contributed by atoms with E-state index in [1.807, 2.05) is 6.07 Å². The second kappa shape index (κ2) is 7.45. The van der Waals surface area contributed by atoms with Crippen LogP contribution in [0.5, 0.6) is 0 Å². The Morgan fingerprint density at radius 2 is 2.12 bits per heavy atom. The van der Waals surface area contributed by atoms with Crippen molar-refractivity contribution in [2.24, 2.45) is 0 Å². The van der Waals surface area contributed by atoms with Gasteiger partial charge in [-0.2, -0.15) is 0 Å². The Labute approximate surface area is 149 Å². The summed E-state index contributed by atoms with van der Waals surface area (Å²) in [5.41, 5.74) is 0.671. The maximum atomic E-state index is 13.5. The number of H-pyrrole nitrogens is 1. The van der Waals surface area contributed by atoms with E-state index in [1.165, 1.54) is 29.2 Å². The fourth-order valence-electron chi connectivity index (χ4n) is 2.87. The molecule has 3 aromatic rings. The molecule has 0 spiro atoms. The van der Waals surface area contributed by atoms with Crippen LogP contribution in [0.1, 0.15) is 22.1 Å². The van der Waals surface area contributed by atoms with Crippen LogP contribution in [0.25, 0.3) is 10.9 Å². The van der Waals surface area contributed by atoms with Crippen molar-refractivity contribution >= 4 is 16.8 Å². The monoisotopic (exact) mass is 355 g/mol. The van der Waals surface area contributed by atoms with Crippen molar-refractivity contribution in [2.75, 3.05) is 20.8 Å². The summed E-state index contributed by atoms with van der Waals surface area (Å²) in [6.07, 6.45) is 1.64. The summed E-state index contributed by atoms with van der Waals surface area (Å²) < 4.78 is 18.7. The molecule has 0 unspecified atom stereocenters. The quantitative estimate of drug-likeness (QED) is 0.763. The molecular formula is C19H18FN3O3. The molecule has 1 aromatic carbocycles. The summed E-state index contributed by atoms with van der Waals surface area (Å²) in [5.74, 6) is -0.864. The minimum atomic E-state index is -0.489. The standard InChI is InChI=1S/C19H18FN3O3/c1-23(17(11-26-2)15-5-3-4-8-21-15)19(25)14-10-18(24)22-16-9-12(20)6-7-13(14)16/h3-10,17H,11H2,1-2H3,(H,22,24)/t17-/m0/s1. The van der Waals surface area contributed by atoms with Gasteiger partial charge in [0, 0.05) is 31.8 Å². The first-order chi connectivity index (χ1) is 12.5. The molecule has 0 saturated carbocycles. The Balaban J connectivity index is 2.05. The Bertz CT molecular complexity index is 988. The fourth-order valence-corrected chi connectivity index (χ4v) is 2.87. The average Bonchev–Trinajstić information content (AvgIpc) is 2.64. The first kappa shape index (κ1) is 17.8. The van der Waals surface area contributed by atoms with Gasteiger partial charge in [-0.1, -0.05) is 6.07 Å². The van der Waals surface area contributed by atoms with Gasteiger partial charge in [-0.25, -0.2) is 4.39 Å². The van der Waals surface area contributed by atoms with Gasteiger partial charge in [0.25, 0.3) is 5.91 Å². The van der Waals surface area contributed by atoms with Crippen molar-refractivity contribution in [3.05, 3.63) is 76.1 Å². The molecule has 1 amide bonds.